The molecule has 0 spiro atoms. The number of allylic oxidation sites excluding steroid dienone is 18. The minimum absolute atomic E-state index is 0.0995. The van der Waals surface area contributed by atoms with Gasteiger partial charge >= 0.3 is 17.9 Å². The third-order valence-electron chi connectivity index (χ3n) is 12.7. The molecule has 0 rings (SSSR count). The molecule has 1 atom stereocenters. The number of unbranched alkanes of at least 4 members (excludes halogenated alkanes) is 25. The molecule has 6 heteroatoms. The monoisotopic (exact) mass is 1010 g/mol. The summed E-state index contributed by atoms with van der Waals surface area (Å²) in [6.07, 6.45) is 82.3. The quantitative estimate of drug-likeness (QED) is 0.0261. The molecule has 0 amide bonds. The summed E-state index contributed by atoms with van der Waals surface area (Å²) >= 11 is 0. The van der Waals surface area contributed by atoms with Gasteiger partial charge in [-0.2, -0.15) is 0 Å². The van der Waals surface area contributed by atoms with Crippen LogP contribution < -0.4 is 0 Å². The van der Waals surface area contributed by atoms with Gasteiger partial charge in [-0.1, -0.05) is 246 Å². The maximum Gasteiger partial charge on any atom is 0.306 e. The summed E-state index contributed by atoms with van der Waals surface area (Å²) in [5.74, 6) is -0.945. The van der Waals surface area contributed by atoms with Gasteiger partial charge in [0.05, 0.1) is 0 Å². The molecule has 0 aromatic rings. The Kier molecular flexibility index (Phi) is 57.4. The molecule has 0 radical (unpaired) electrons. The third-order valence-corrected chi connectivity index (χ3v) is 12.7. The van der Waals surface area contributed by atoms with Gasteiger partial charge in [-0.3, -0.25) is 14.4 Å². The first kappa shape index (κ1) is 69.1. The zero-order valence-corrected chi connectivity index (χ0v) is 47.6. The fourth-order valence-electron chi connectivity index (χ4n) is 8.24. The number of hydrogen-bond donors (Lipinski definition) is 0. The Bertz CT molecular complexity index is 1490. The molecule has 0 N–H and O–H groups in total. The summed E-state index contributed by atoms with van der Waals surface area (Å²) in [5, 5.41) is 0. The SMILES string of the molecule is CC/C=C\C/C=C\C/C=C\C/C=C\C/C=C\CCCCCCCC(=O)OCC(COC(=O)CCCCC/C=C\C/C=C\C/C=C\CC)OC(=O)CCCCCCCCCCC/C=C\CCCCCCCCCC. The molecule has 0 aliphatic rings. The first-order chi connectivity index (χ1) is 36.0. The Balaban J connectivity index is 4.42. The maximum absolute atomic E-state index is 12.9. The van der Waals surface area contributed by atoms with Crippen LogP contribution in [0, 0.1) is 0 Å². The summed E-state index contributed by atoms with van der Waals surface area (Å²) < 4.78 is 16.9. The summed E-state index contributed by atoms with van der Waals surface area (Å²) in [5.41, 5.74) is 0. The molecule has 0 fully saturated rings. The van der Waals surface area contributed by atoms with E-state index in [9.17, 15) is 14.4 Å². The number of esters is 3. The van der Waals surface area contributed by atoms with Crippen molar-refractivity contribution in [1.82, 2.24) is 0 Å². The molecule has 1 unspecified atom stereocenters. The number of carbonyl (C=O) groups excluding carboxylic acids is 3. The lowest BCUT2D eigenvalue weighted by Crippen LogP contribution is -2.30. The normalized spacial score (nSPS) is 12.9. The number of rotatable bonds is 54. The Morgan fingerprint density at radius 3 is 0.863 bits per heavy atom. The lowest BCUT2D eigenvalue weighted by Gasteiger charge is -2.18. The van der Waals surface area contributed by atoms with E-state index < -0.39 is 6.10 Å². The van der Waals surface area contributed by atoms with Crippen LogP contribution in [-0.2, 0) is 28.6 Å². The van der Waals surface area contributed by atoms with Crippen molar-refractivity contribution in [2.24, 2.45) is 0 Å². The van der Waals surface area contributed by atoms with Gasteiger partial charge in [-0.15, -0.1) is 0 Å². The molecule has 0 aliphatic carbocycles. The molecule has 0 saturated heterocycles. The lowest BCUT2D eigenvalue weighted by atomic mass is 10.1. The Morgan fingerprint density at radius 2 is 0.534 bits per heavy atom. The minimum atomic E-state index is -0.802. The zero-order chi connectivity index (χ0) is 52.9. The first-order valence-electron chi connectivity index (χ1n) is 30.4. The van der Waals surface area contributed by atoms with Crippen LogP contribution in [0.2, 0.25) is 0 Å². The van der Waals surface area contributed by atoms with Crippen molar-refractivity contribution < 1.29 is 28.6 Å². The van der Waals surface area contributed by atoms with Crippen LogP contribution in [-0.4, -0.2) is 37.2 Å². The standard InChI is InChI=1S/C67H112O6/c1-4-7-10-13-16-19-22-25-27-29-31-33-35-37-39-42-45-48-51-54-57-60-66(69)72-63-64(62-71-65(68)59-56-53-50-47-44-41-24-21-18-15-12-9-6-3)73-67(70)61-58-55-52-49-46-43-40-38-36-34-32-30-28-26-23-20-17-14-11-8-5-2/h7,9-10,12,16,18-19,21,25,27,30-33,37,39,41,44,64H,4-6,8,11,13-15,17,20,22-24,26,28-29,34-36,38,40,42-43,45-63H2,1-3H3/b10-7-,12-9-,19-16-,21-18-,27-25-,32-30-,33-31-,39-37-,44-41-. The summed E-state index contributed by atoms with van der Waals surface area (Å²) in [6, 6.07) is 0. The summed E-state index contributed by atoms with van der Waals surface area (Å²) in [7, 11) is 0. The highest BCUT2D eigenvalue weighted by atomic mass is 16.6. The van der Waals surface area contributed by atoms with Crippen molar-refractivity contribution >= 4 is 17.9 Å². The average molecular weight is 1010 g/mol. The van der Waals surface area contributed by atoms with Crippen LogP contribution in [0.1, 0.15) is 278 Å². The zero-order valence-electron chi connectivity index (χ0n) is 47.6. The van der Waals surface area contributed by atoms with Gasteiger partial charge in [0.2, 0.25) is 0 Å². The van der Waals surface area contributed by atoms with E-state index in [1.807, 2.05) is 0 Å². The van der Waals surface area contributed by atoms with Gasteiger partial charge < -0.3 is 14.2 Å². The van der Waals surface area contributed by atoms with Crippen LogP contribution in [0.4, 0.5) is 0 Å². The van der Waals surface area contributed by atoms with E-state index in [2.05, 4.69) is 130 Å². The number of hydrogen-bond acceptors (Lipinski definition) is 6. The molecule has 0 aromatic carbocycles. The fraction of sp³-hybridized carbons (Fsp3) is 0.687. The van der Waals surface area contributed by atoms with Gasteiger partial charge in [0.25, 0.3) is 0 Å². The highest BCUT2D eigenvalue weighted by Gasteiger charge is 2.19. The van der Waals surface area contributed by atoms with E-state index in [1.54, 1.807) is 0 Å². The molecule has 0 saturated carbocycles. The predicted octanol–water partition coefficient (Wildman–Crippen LogP) is 20.7. The maximum atomic E-state index is 12.9. The van der Waals surface area contributed by atoms with Crippen LogP contribution in [0.15, 0.2) is 109 Å². The van der Waals surface area contributed by atoms with Crippen molar-refractivity contribution in [2.45, 2.75) is 284 Å². The molecule has 416 valence electrons. The van der Waals surface area contributed by atoms with Crippen molar-refractivity contribution in [3.8, 4) is 0 Å². The largest absolute Gasteiger partial charge is 0.462 e. The van der Waals surface area contributed by atoms with Crippen LogP contribution in [0.25, 0.3) is 0 Å². The van der Waals surface area contributed by atoms with E-state index in [1.165, 1.54) is 103 Å². The second-order valence-electron chi connectivity index (χ2n) is 19.8. The topological polar surface area (TPSA) is 78.9 Å². The molecule has 0 aromatic heterocycles. The lowest BCUT2D eigenvalue weighted by molar-refractivity contribution is -0.167. The predicted molar refractivity (Wildman–Crippen MR) is 316 cm³/mol. The Morgan fingerprint density at radius 1 is 0.288 bits per heavy atom. The van der Waals surface area contributed by atoms with E-state index in [-0.39, 0.29) is 31.1 Å². The molecular weight excluding hydrogens is 901 g/mol. The van der Waals surface area contributed by atoms with Crippen molar-refractivity contribution in [2.75, 3.05) is 13.2 Å². The van der Waals surface area contributed by atoms with Crippen LogP contribution in [0.3, 0.4) is 0 Å². The van der Waals surface area contributed by atoms with Crippen molar-refractivity contribution in [3.63, 3.8) is 0 Å². The molecule has 0 heterocycles. The van der Waals surface area contributed by atoms with Gasteiger partial charge in [0.1, 0.15) is 13.2 Å². The van der Waals surface area contributed by atoms with Gasteiger partial charge in [0.15, 0.2) is 6.10 Å². The summed E-state index contributed by atoms with van der Waals surface area (Å²) in [6.45, 7) is 6.38. The second-order valence-corrected chi connectivity index (χ2v) is 19.8. The van der Waals surface area contributed by atoms with E-state index in [0.29, 0.717) is 19.3 Å². The van der Waals surface area contributed by atoms with E-state index in [0.717, 1.165) is 135 Å². The van der Waals surface area contributed by atoms with Gasteiger partial charge in [-0.25, -0.2) is 0 Å². The smallest absolute Gasteiger partial charge is 0.306 e. The highest BCUT2D eigenvalue weighted by Crippen LogP contribution is 2.15. The molecule has 6 nitrogen and oxygen atoms in total. The number of carbonyl (C=O) groups is 3. The molecule has 73 heavy (non-hydrogen) atoms. The Hall–Kier alpha value is -3.93. The summed E-state index contributed by atoms with van der Waals surface area (Å²) in [4.78, 5) is 38.2. The first-order valence-corrected chi connectivity index (χ1v) is 30.4. The average Bonchev–Trinajstić information content (AvgIpc) is 3.39. The van der Waals surface area contributed by atoms with Crippen molar-refractivity contribution in [1.29, 1.82) is 0 Å². The fourth-order valence-corrected chi connectivity index (χ4v) is 8.24. The van der Waals surface area contributed by atoms with E-state index in [4.69, 9.17) is 14.2 Å². The highest BCUT2D eigenvalue weighted by molar-refractivity contribution is 5.71. The molecule has 0 aliphatic heterocycles. The molecular formula is C67H112O6. The van der Waals surface area contributed by atoms with Crippen LogP contribution in [0.5, 0.6) is 0 Å². The minimum Gasteiger partial charge on any atom is -0.462 e. The Labute approximate surface area is 450 Å². The van der Waals surface area contributed by atoms with Gasteiger partial charge in [0, 0.05) is 19.3 Å². The van der Waals surface area contributed by atoms with E-state index >= 15 is 0 Å². The second kappa shape index (κ2) is 60.6. The van der Waals surface area contributed by atoms with Crippen LogP contribution >= 0.6 is 0 Å². The third kappa shape index (κ3) is 58.8. The molecule has 0 bridgehead atoms. The van der Waals surface area contributed by atoms with Gasteiger partial charge in [-0.05, 0) is 122 Å². The van der Waals surface area contributed by atoms with Crippen molar-refractivity contribution in [3.05, 3.63) is 109 Å². The number of ether oxygens (including phenoxy) is 3.